The number of benzene rings is 2. The summed E-state index contributed by atoms with van der Waals surface area (Å²) >= 11 is 0. The van der Waals surface area contributed by atoms with E-state index in [0.29, 0.717) is 13.2 Å². The molecule has 7 nitrogen and oxygen atoms in total. The van der Waals surface area contributed by atoms with E-state index in [1.54, 1.807) is 14.2 Å². The summed E-state index contributed by atoms with van der Waals surface area (Å²) in [5, 5.41) is 6.73. The maximum atomic E-state index is 5.95. The normalized spacial score (nSPS) is 14.8. The second kappa shape index (κ2) is 12.8. The van der Waals surface area contributed by atoms with E-state index in [-0.39, 0.29) is 0 Å². The van der Waals surface area contributed by atoms with Gasteiger partial charge in [0.05, 0.1) is 20.3 Å². The molecule has 0 spiro atoms. The Hall–Kier alpha value is -2.77. The summed E-state index contributed by atoms with van der Waals surface area (Å²) in [7, 11) is 3.48. The van der Waals surface area contributed by atoms with Gasteiger partial charge in [-0.3, -0.25) is 9.89 Å². The minimum Gasteiger partial charge on any atom is -0.496 e. The first-order valence-corrected chi connectivity index (χ1v) is 10.9. The molecule has 0 aliphatic carbocycles. The number of hydrogen-bond acceptors (Lipinski definition) is 5. The molecule has 1 saturated heterocycles. The number of nitrogens with one attached hydrogen (secondary N) is 2. The van der Waals surface area contributed by atoms with E-state index in [9.17, 15) is 0 Å². The molecule has 168 valence electrons. The molecule has 1 aliphatic rings. The van der Waals surface area contributed by atoms with Crippen LogP contribution in [0.4, 0.5) is 0 Å². The highest BCUT2D eigenvalue weighted by molar-refractivity contribution is 5.79. The number of rotatable bonds is 10. The van der Waals surface area contributed by atoms with Crippen molar-refractivity contribution in [3.8, 4) is 11.5 Å². The summed E-state index contributed by atoms with van der Waals surface area (Å²) in [4.78, 5) is 6.69. The van der Waals surface area contributed by atoms with Crippen LogP contribution in [0.25, 0.3) is 0 Å². The summed E-state index contributed by atoms with van der Waals surface area (Å²) in [6.45, 7) is 6.65. The molecule has 0 amide bonds. The average molecular weight is 427 g/mol. The molecule has 0 radical (unpaired) electrons. The summed E-state index contributed by atoms with van der Waals surface area (Å²) in [5.74, 6) is 2.58. The molecule has 0 saturated carbocycles. The Kier molecular flexibility index (Phi) is 9.47. The summed E-state index contributed by atoms with van der Waals surface area (Å²) in [5.41, 5.74) is 2.33. The molecule has 2 aromatic carbocycles. The number of para-hydroxylation sites is 1. The van der Waals surface area contributed by atoms with E-state index in [0.717, 1.165) is 68.8 Å². The predicted octanol–water partition coefficient (Wildman–Crippen LogP) is 2.31. The Bertz CT molecular complexity index is 822. The number of hydrogen-bond donors (Lipinski definition) is 2. The van der Waals surface area contributed by atoms with Crippen LogP contribution < -0.4 is 20.1 Å². The number of nitrogens with zero attached hydrogens (tertiary/aromatic N) is 2. The molecule has 1 heterocycles. The summed E-state index contributed by atoms with van der Waals surface area (Å²) in [6, 6.07) is 16.3. The lowest BCUT2D eigenvalue weighted by Gasteiger charge is -2.26. The molecule has 0 aromatic heterocycles. The first kappa shape index (κ1) is 22.9. The summed E-state index contributed by atoms with van der Waals surface area (Å²) < 4.78 is 16.7. The first-order valence-electron chi connectivity index (χ1n) is 10.9. The third kappa shape index (κ3) is 7.77. The fourth-order valence-electron chi connectivity index (χ4n) is 3.49. The molecule has 2 N–H and O–H groups in total. The lowest BCUT2D eigenvalue weighted by Crippen LogP contribution is -2.38. The van der Waals surface area contributed by atoms with Gasteiger partial charge in [0.15, 0.2) is 5.96 Å². The molecule has 1 fully saturated rings. The Balaban J connectivity index is 1.40. The standard InChI is InChI=1S/C24H34N4O3/c1-25-24(26-11-10-21-7-3-4-9-23(21)29-2)27-19-20-6-5-8-22(18-20)31-17-14-28-12-15-30-16-13-28/h3-9,18H,10-17,19H2,1-2H3,(H2,25,26,27). The van der Waals surface area contributed by atoms with Gasteiger partial charge < -0.3 is 24.8 Å². The lowest BCUT2D eigenvalue weighted by atomic mass is 10.1. The predicted molar refractivity (Wildman–Crippen MR) is 124 cm³/mol. The number of guanidine groups is 1. The Morgan fingerprint density at radius 1 is 1.10 bits per heavy atom. The highest BCUT2D eigenvalue weighted by Crippen LogP contribution is 2.17. The van der Waals surface area contributed by atoms with Crippen LogP contribution in [-0.2, 0) is 17.7 Å². The molecular weight excluding hydrogens is 392 g/mol. The quantitative estimate of drug-likeness (QED) is 0.449. The SMILES string of the molecule is CN=C(NCCc1ccccc1OC)NCc1cccc(OCCN2CCOCC2)c1. The van der Waals surface area contributed by atoms with Crippen molar-refractivity contribution in [2.75, 3.05) is 60.2 Å². The van der Waals surface area contributed by atoms with Crippen LogP contribution in [0.5, 0.6) is 11.5 Å². The lowest BCUT2D eigenvalue weighted by molar-refractivity contribution is 0.0322. The van der Waals surface area contributed by atoms with Crippen molar-refractivity contribution in [2.45, 2.75) is 13.0 Å². The van der Waals surface area contributed by atoms with Gasteiger partial charge in [-0.05, 0) is 35.7 Å². The maximum absolute atomic E-state index is 5.95. The topological polar surface area (TPSA) is 67.4 Å². The van der Waals surface area contributed by atoms with Crippen LogP contribution in [-0.4, -0.2) is 71.0 Å². The highest BCUT2D eigenvalue weighted by Gasteiger charge is 2.10. The first-order chi connectivity index (χ1) is 15.3. The Morgan fingerprint density at radius 2 is 1.94 bits per heavy atom. The summed E-state index contributed by atoms with van der Waals surface area (Å²) in [6.07, 6.45) is 0.858. The van der Waals surface area contributed by atoms with Crippen molar-refractivity contribution >= 4 is 5.96 Å². The zero-order valence-corrected chi connectivity index (χ0v) is 18.6. The second-order valence-electron chi connectivity index (χ2n) is 7.36. The zero-order chi connectivity index (χ0) is 21.7. The molecule has 7 heteroatoms. The smallest absolute Gasteiger partial charge is 0.191 e. The van der Waals surface area contributed by atoms with Gasteiger partial charge in [-0.15, -0.1) is 0 Å². The molecule has 0 bridgehead atoms. The fourth-order valence-corrected chi connectivity index (χ4v) is 3.49. The van der Waals surface area contributed by atoms with Crippen molar-refractivity contribution < 1.29 is 14.2 Å². The second-order valence-corrected chi connectivity index (χ2v) is 7.36. The van der Waals surface area contributed by atoms with Crippen molar-refractivity contribution in [2.24, 2.45) is 4.99 Å². The van der Waals surface area contributed by atoms with Crippen LogP contribution in [0.2, 0.25) is 0 Å². The molecule has 2 aromatic rings. The van der Waals surface area contributed by atoms with E-state index >= 15 is 0 Å². The molecule has 31 heavy (non-hydrogen) atoms. The van der Waals surface area contributed by atoms with Gasteiger partial charge in [0.25, 0.3) is 0 Å². The van der Waals surface area contributed by atoms with Crippen LogP contribution >= 0.6 is 0 Å². The van der Waals surface area contributed by atoms with Gasteiger partial charge in [0.1, 0.15) is 18.1 Å². The number of methoxy groups -OCH3 is 1. The van der Waals surface area contributed by atoms with Crippen molar-refractivity contribution in [3.63, 3.8) is 0 Å². The van der Waals surface area contributed by atoms with Gasteiger partial charge in [0, 0.05) is 39.8 Å². The third-order valence-electron chi connectivity index (χ3n) is 5.24. The fraction of sp³-hybridized carbons (Fsp3) is 0.458. The molecule has 3 rings (SSSR count). The third-order valence-corrected chi connectivity index (χ3v) is 5.24. The van der Waals surface area contributed by atoms with Gasteiger partial charge in [-0.2, -0.15) is 0 Å². The Labute approximate surface area is 185 Å². The van der Waals surface area contributed by atoms with Crippen molar-refractivity contribution in [1.29, 1.82) is 0 Å². The maximum Gasteiger partial charge on any atom is 0.191 e. The number of morpholine rings is 1. The van der Waals surface area contributed by atoms with E-state index in [2.05, 4.69) is 38.7 Å². The average Bonchev–Trinajstić information content (AvgIpc) is 2.82. The van der Waals surface area contributed by atoms with Gasteiger partial charge in [-0.1, -0.05) is 30.3 Å². The Morgan fingerprint density at radius 3 is 2.74 bits per heavy atom. The van der Waals surface area contributed by atoms with Gasteiger partial charge in [-0.25, -0.2) is 0 Å². The van der Waals surface area contributed by atoms with Crippen molar-refractivity contribution in [3.05, 3.63) is 59.7 Å². The largest absolute Gasteiger partial charge is 0.496 e. The van der Waals surface area contributed by atoms with Gasteiger partial charge in [0.2, 0.25) is 0 Å². The van der Waals surface area contributed by atoms with E-state index < -0.39 is 0 Å². The van der Waals surface area contributed by atoms with E-state index in [1.807, 2.05) is 30.3 Å². The molecule has 1 aliphatic heterocycles. The minimum atomic E-state index is 0.676. The van der Waals surface area contributed by atoms with Crippen molar-refractivity contribution in [1.82, 2.24) is 15.5 Å². The van der Waals surface area contributed by atoms with Gasteiger partial charge >= 0.3 is 0 Å². The number of aliphatic imine (C=N–C) groups is 1. The zero-order valence-electron chi connectivity index (χ0n) is 18.6. The highest BCUT2D eigenvalue weighted by atomic mass is 16.5. The van der Waals surface area contributed by atoms with Crippen LogP contribution in [0, 0.1) is 0 Å². The minimum absolute atomic E-state index is 0.676. The van der Waals surface area contributed by atoms with Crippen LogP contribution in [0.15, 0.2) is 53.5 Å². The van der Waals surface area contributed by atoms with Crippen LogP contribution in [0.3, 0.4) is 0 Å². The molecule has 0 unspecified atom stereocenters. The number of ether oxygens (including phenoxy) is 3. The van der Waals surface area contributed by atoms with E-state index in [1.165, 1.54) is 5.56 Å². The molecule has 0 atom stereocenters. The van der Waals surface area contributed by atoms with E-state index in [4.69, 9.17) is 14.2 Å². The van der Waals surface area contributed by atoms with Crippen LogP contribution in [0.1, 0.15) is 11.1 Å². The monoisotopic (exact) mass is 426 g/mol. The molecular formula is C24H34N4O3.